The zero-order valence-corrected chi connectivity index (χ0v) is 16.9. The Bertz CT molecular complexity index is 939. The van der Waals surface area contributed by atoms with Gasteiger partial charge in [-0.05, 0) is 24.3 Å². The van der Waals surface area contributed by atoms with Gasteiger partial charge in [-0.2, -0.15) is 4.99 Å². The molecular weight excluding hydrogens is 382 g/mol. The van der Waals surface area contributed by atoms with Gasteiger partial charge in [-0.25, -0.2) is 0 Å². The molecule has 1 unspecified atom stereocenters. The van der Waals surface area contributed by atoms with E-state index in [-0.39, 0.29) is 18.2 Å². The highest BCUT2D eigenvalue weighted by Crippen LogP contribution is 2.23. The monoisotopic (exact) mass is 407 g/mol. The number of amides is 2. The first-order valence-corrected chi connectivity index (χ1v) is 10.0. The minimum Gasteiger partial charge on any atom is -0.495 e. The number of hydrogen-bond donors (Lipinski definition) is 2. The smallest absolute Gasteiger partial charge is 0.271 e. The van der Waals surface area contributed by atoms with Gasteiger partial charge in [-0.1, -0.05) is 30.3 Å². The van der Waals surface area contributed by atoms with E-state index in [1.165, 1.54) is 5.69 Å². The summed E-state index contributed by atoms with van der Waals surface area (Å²) in [5, 5.41) is 5.93. The van der Waals surface area contributed by atoms with Crippen LogP contribution >= 0.6 is 0 Å². The molecule has 8 heteroatoms. The number of piperazine rings is 1. The number of aliphatic imine (C=N–C) groups is 1. The number of guanidine groups is 1. The van der Waals surface area contributed by atoms with Crippen LogP contribution in [0.3, 0.4) is 0 Å². The van der Waals surface area contributed by atoms with Crippen LogP contribution in [0.1, 0.15) is 6.42 Å². The molecule has 4 rings (SSSR count). The summed E-state index contributed by atoms with van der Waals surface area (Å²) in [5.74, 6) is 0.550. The number of hydrogen-bond acceptors (Lipinski definition) is 6. The number of ether oxygens (including phenoxy) is 1. The number of anilines is 2. The third-order valence-corrected chi connectivity index (χ3v) is 5.29. The molecule has 0 spiro atoms. The lowest BCUT2D eigenvalue weighted by atomic mass is 10.2. The van der Waals surface area contributed by atoms with Crippen molar-refractivity contribution in [3.63, 3.8) is 0 Å². The lowest BCUT2D eigenvalue weighted by Gasteiger charge is -2.37. The molecule has 1 saturated heterocycles. The molecule has 1 fully saturated rings. The standard InChI is InChI=1S/C22H25N5O3/c1-30-19-10-6-5-9-17(19)23-20(28)15-18-21(29)25-22(24-18)27-13-11-26(12-14-27)16-7-3-2-4-8-16/h2-10,18H,11-15H2,1H3,(H,23,28)(H,24,25,29). The van der Waals surface area contributed by atoms with Gasteiger partial charge in [0.15, 0.2) is 0 Å². The summed E-state index contributed by atoms with van der Waals surface area (Å²) in [6.45, 7) is 3.21. The Balaban J connectivity index is 1.30. The van der Waals surface area contributed by atoms with E-state index in [4.69, 9.17) is 4.74 Å². The van der Waals surface area contributed by atoms with Crippen molar-refractivity contribution in [2.75, 3.05) is 43.5 Å². The maximum Gasteiger partial charge on any atom is 0.271 e. The molecule has 0 aliphatic carbocycles. The highest BCUT2D eigenvalue weighted by molar-refractivity contribution is 6.06. The maximum atomic E-state index is 12.4. The highest BCUT2D eigenvalue weighted by Gasteiger charge is 2.32. The molecule has 2 amide bonds. The zero-order valence-electron chi connectivity index (χ0n) is 16.9. The molecule has 0 saturated carbocycles. The molecule has 2 aliphatic heterocycles. The minimum absolute atomic E-state index is 0.00780. The van der Waals surface area contributed by atoms with Crippen LogP contribution < -0.4 is 20.3 Å². The number of methoxy groups -OCH3 is 1. The van der Waals surface area contributed by atoms with Crippen molar-refractivity contribution in [3.05, 3.63) is 54.6 Å². The number of benzene rings is 2. The third-order valence-electron chi connectivity index (χ3n) is 5.29. The third kappa shape index (κ3) is 4.37. The Kier molecular flexibility index (Phi) is 5.83. The lowest BCUT2D eigenvalue weighted by molar-refractivity contribution is -0.123. The van der Waals surface area contributed by atoms with Crippen molar-refractivity contribution >= 4 is 29.1 Å². The summed E-state index contributed by atoms with van der Waals surface area (Å²) < 4.78 is 5.24. The van der Waals surface area contributed by atoms with Gasteiger partial charge in [0.2, 0.25) is 11.9 Å². The van der Waals surface area contributed by atoms with E-state index in [0.717, 1.165) is 26.2 Å². The van der Waals surface area contributed by atoms with Gasteiger partial charge in [0, 0.05) is 31.9 Å². The van der Waals surface area contributed by atoms with E-state index in [9.17, 15) is 9.59 Å². The summed E-state index contributed by atoms with van der Waals surface area (Å²) in [6, 6.07) is 16.8. The Morgan fingerprint density at radius 2 is 1.73 bits per heavy atom. The molecule has 1 atom stereocenters. The first kappa shape index (κ1) is 19.8. The van der Waals surface area contributed by atoms with E-state index in [0.29, 0.717) is 17.4 Å². The zero-order chi connectivity index (χ0) is 20.9. The molecule has 2 heterocycles. The van der Waals surface area contributed by atoms with Crippen LogP contribution in [0.15, 0.2) is 59.6 Å². The van der Waals surface area contributed by atoms with E-state index in [1.54, 1.807) is 19.2 Å². The van der Waals surface area contributed by atoms with Crippen LogP contribution in [0.5, 0.6) is 5.75 Å². The molecule has 30 heavy (non-hydrogen) atoms. The molecule has 0 aromatic heterocycles. The first-order chi connectivity index (χ1) is 14.6. The normalized spacial score (nSPS) is 18.6. The van der Waals surface area contributed by atoms with Crippen LogP contribution in [0.25, 0.3) is 0 Å². The lowest BCUT2D eigenvalue weighted by Crippen LogP contribution is -2.52. The summed E-state index contributed by atoms with van der Waals surface area (Å²) in [7, 11) is 1.55. The van der Waals surface area contributed by atoms with E-state index < -0.39 is 6.04 Å². The average Bonchev–Trinajstić information content (AvgIpc) is 3.15. The van der Waals surface area contributed by atoms with Gasteiger partial charge in [0.05, 0.1) is 19.2 Å². The molecule has 0 radical (unpaired) electrons. The van der Waals surface area contributed by atoms with Crippen LogP contribution in [0.2, 0.25) is 0 Å². The predicted octanol–water partition coefficient (Wildman–Crippen LogP) is 1.70. The first-order valence-electron chi connectivity index (χ1n) is 10.0. The summed E-state index contributed by atoms with van der Waals surface area (Å²) >= 11 is 0. The number of nitrogens with zero attached hydrogens (tertiary/aromatic N) is 3. The Morgan fingerprint density at radius 3 is 2.47 bits per heavy atom. The van der Waals surface area contributed by atoms with E-state index in [2.05, 4.69) is 37.6 Å². The molecule has 2 aromatic rings. The van der Waals surface area contributed by atoms with Crippen molar-refractivity contribution in [1.82, 2.24) is 10.2 Å². The second-order valence-corrected chi connectivity index (χ2v) is 7.23. The highest BCUT2D eigenvalue weighted by atomic mass is 16.5. The second-order valence-electron chi connectivity index (χ2n) is 7.23. The minimum atomic E-state index is -0.651. The predicted molar refractivity (Wildman–Crippen MR) is 116 cm³/mol. The summed E-state index contributed by atoms with van der Waals surface area (Å²) in [4.78, 5) is 33.3. The SMILES string of the molecule is COc1ccccc1NC(=O)CC1NC(N2CCN(c3ccccc3)CC2)=NC1=O. The van der Waals surface area contributed by atoms with Crippen LogP contribution in [0, 0.1) is 0 Å². The molecule has 2 aromatic carbocycles. The Hall–Kier alpha value is -3.55. The fourth-order valence-corrected chi connectivity index (χ4v) is 3.68. The number of para-hydroxylation sites is 3. The van der Waals surface area contributed by atoms with Crippen molar-refractivity contribution < 1.29 is 14.3 Å². The molecule has 2 N–H and O–H groups in total. The molecule has 8 nitrogen and oxygen atoms in total. The molecular formula is C22H25N5O3. The topological polar surface area (TPSA) is 86.3 Å². The second kappa shape index (κ2) is 8.86. The van der Waals surface area contributed by atoms with Crippen LogP contribution in [-0.4, -0.2) is 62.0 Å². The molecule has 0 bridgehead atoms. The van der Waals surface area contributed by atoms with Crippen molar-refractivity contribution in [2.45, 2.75) is 12.5 Å². The van der Waals surface area contributed by atoms with Crippen LogP contribution in [-0.2, 0) is 9.59 Å². The Labute approximate surface area is 175 Å². The number of rotatable bonds is 5. The fraction of sp³-hybridized carbons (Fsp3) is 0.318. The quantitative estimate of drug-likeness (QED) is 0.785. The van der Waals surface area contributed by atoms with Gasteiger partial charge >= 0.3 is 0 Å². The molecule has 156 valence electrons. The van der Waals surface area contributed by atoms with E-state index >= 15 is 0 Å². The van der Waals surface area contributed by atoms with E-state index in [1.807, 2.05) is 30.3 Å². The number of nitrogens with one attached hydrogen (secondary N) is 2. The van der Waals surface area contributed by atoms with Crippen molar-refractivity contribution in [3.8, 4) is 5.75 Å². The van der Waals surface area contributed by atoms with Gasteiger partial charge in [-0.15, -0.1) is 0 Å². The van der Waals surface area contributed by atoms with Gasteiger partial charge in [-0.3, -0.25) is 9.59 Å². The number of carbonyl (C=O) groups excluding carboxylic acids is 2. The van der Waals surface area contributed by atoms with Crippen molar-refractivity contribution in [2.24, 2.45) is 4.99 Å². The van der Waals surface area contributed by atoms with Gasteiger partial charge in [0.25, 0.3) is 5.91 Å². The number of carbonyl (C=O) groups is 2. The average molecular weight is 407 g/mol. The molecule has 2 aliphatic rings. The van der Waals surface area contributed by atoms with Gasteiger partial charge < -0.3 is 25.2 Å². The van der Waals surface area contributed by atoms with Crippen LogP contribution in [0.4, 0.5) is 11.4 Å². The summed E-state index contributed by atoms with van der Waals surface area (Å²) in [5.41, 5.74) is 1.77. The maximum absolute atomic E-state index is 12.4. The Morgan fingerprint density at radius 1 is 1.07 bits per heavy atom. The van der Waals surface area contributed by atoms with Gasteiger partial charge in [0.1, 0.15) is 11.8 Å². The largest absolute Gasteiger partial charge is 0.495 e. The fourth-order valence-electron chi connectivity index (χ4n) is 3.68. The van der Waals surface area contributed by atoms with Crippen molar-refractivity contribution in [1.29, 1.82) is 0 Å². The summed E-state index contributed by atoms with van der Waals surface area (Å²) in [6.07, 6.45) is 0.00780.